The van der Waals surface area contributed by atoms with Crippen molar-refractivity contribution in [3.8, 4) is 5.75 Å². The van der Waals surface area contributed by atoms with Gasteiger partial charge >= 0.3 is 6.03 Å². The SMILES string of the molecule is C[C@@H]1CCCCO[C@H](CN(C)C(=O)Nc2ccc(F)cc2)[C@H](C)CN([C@H](C)CO)C(=O)c2cc(NS(=O)(=O)c3ccc(F)cc3)ccc2O1. The number of carbonyl (C=O) groups is 2. The highest BCUT2D eigenvalue weighted by Gasteiger charge is 2.31. The van der Waals surface area contributed by atoms with Gasteiger partial charge in [-0.2, -0.15) is 0 Å². The van der Waals surface area contributed by atoms with Crippen LogP contribution >= 0.6 is 0 Å². The number of anilines is 2. The monoisotopic (exact) mass is 702 g/mol. The predicted molar refractivity (Wildman–Crippen MR) is 182 cm³/mol. The summed E-state index contributed by atoms with van der Waals surface area (Å²) in [5.74, 6) is -1.58. The van der Waals surface area contributed by atoms with Crippen LogP contribution < -0.4 is 14.8 Å². The van der Waals surface area contributed by atoms with E-state index in [0.717, 1.165) is 37.1 Å². The summed E-state index contributed by atoms with van der Waals surface area (Å²) in [4.78, 5) is 30.1. The molecule has 0 aliphatic carbocycles. The van der Waals surface area contributed by atoms with Crippen LogP contribution in [0.3, 0.4) is 0 Å². The molecule has 0 saturated carbocycles. The van der Waals surface area contributed by atoms with E-state index in [1.165, 1.54) is 52.3 Å². The van der Waals surface area contributed by atoms with Crippen LogP contribution in [-0.4, -0.2) is 86.9 Å². The number of ether oxygens (including phenoxy) is 2. The summed E-state index contributed by atoms with van der Waals surface area (Å²) in [6.45, 7) is 5.81. The summed E-state index contributed by atoms with van der Waals surface area (Å²) < 4.78 is 67.9. The fourth-order valence-corrected chi connectivity index (χ4v) is 6.43. The van der Waals surface area contributed by atoms with Crippen molar-refractivity contribution in [2.24, 2.45) is 5.92 Å². The molecule has 1 heterocycles. The molecule has 3 aromatic rings. The first-order chi connectivity index (χ1) is 23.3. The summed E-state index contributed by atoms with van der Waals surface area (Å²) in [5.41, 5.74) is 0.610. The lowest BCUT2D eigenvalue weighted by Gasteiger charge is -2.35. The van der Waals surface area contributed by atoms with Crippen molar-refractivity contribution in [2.45, 2.75) is 63.2 Å². The number of urea groups is 1. The van der Waals surface area contributed by atoms with E-state index in [1.54, 1.807) is 14.0 Å². The molecule has 3 aromatic carbocycles. The quantitative estimate of drug-likeness (QED) is 0.273. The lowest BCUT2D eigenvalue weighted by atomic mass is 10.0. The topological polar surface area (TPSA) is 138 Å². The number of benzene rings is 3. The van der Waals surface area contributed by atoms with Crippen molar-refractivity contribution < 1.29 is 41.4 Å². The van der Waals surface area contributed by atoms with Crippen LogP contribution in [0.5, 0.6) is 5.75 Å². The Morgan fingerprint density at radius 2 is 1.65 bits per heavy atom. The largest absolute Gasteiger partial charge is 0.490 e. The molecule has 0 radical (unpaired) electrons. The number of hydrogen-bond donors (Lipinski definition) is 3. The summed E-state index contributed by atoms with van der Waals surface area (Å²) >= 11 is 0. The highest BCUT2D eigenvalue weighted by Crippen LogP contribution is 2.29. The maximum Gasteiger partial charge on any atom is 0.321 e. The van der Waals surface area contributed by atoms with Gasteiger partial charge in [-0.15, -0.1) is 0 Å². The minimum Gasteiger partial charge on any atom is -0.490 e. The van der Waals surface area contributed by atoms with Crippen molar-refractivity contribution in [1.29, 1.82) is 0 Å². The van der Waals surface area contributed by atoms with Gasteiger partial charge in [-0.25, -0.2) is 22.0 Å². The smallest absolute Gasteiger partial charge is 0.321 e. The number of nitrogens with one attached hydrogen (secondary N) is 2. The fourth-order valence-electron chi connectivity index (χ4n) is 5.38. The third-order valence-electron chi connectivity index (χ3n) is 8.32. The maximum absolute atomic E-state index is 14.3. The van der Waals surface area contributed by atoms with Gasteiger partial charge in [0.05, 0.1) is 35.3 Å². The number of aliphatic hydroxyl groups is 1. The van der Waals surface area contributed by atoms with E-state index < -0.39 is 45.7 Å². The first-order valence-corrected chi connectivity index (χ1v) is 17.7. The number of halogens is 2. The van der Waals surface area contributed by atoms with Crippen LogP contribution in [0.2, 0.25) is 0 Å². The molecule has 0 saturated heterocycles. The zero-order valence-electron chi connectivity index (χ0n) is 28.1. The van der Waals surface area contributed by atoms with E-state index in [1.807, 2.05) is 13.8 Å². The molecule has 11 nitrogen and oxygen atoms in total. The minimum absolute atomic E-state index is 0.0870. The van der Waals surface area contributed by atoms with Crippen LogP contribution in [0.25, 0.3) is 0 Å². The second kappa shape index (κ2) is 16.9. The van der Waals surface area contributed by atoms with Crippen LogP contribution in [0.15, 0.2) is 71.6 Å². The number of rotatable bonds is 8. The van der Waals surface area contributed by atoms with Crippen LogP contribution in [0.1, 0.15) is 50.4 Å². The highest BCUT2D eigenvalue weighted by atomic mass is 32.2. The van der Waals surface area contributed by atoms with E-state index in [-0.39, 0.29) is 53.6 Å². The summed E-state index contributed by atoms with van der Waals surface area (Å²) in [7, 11) is -2.50. The van der Waals surface area contributed by atoms with E-state index in [2.05, 4.69) is 10.0 Å². The number of sulfonamides is 1. The molecule has 14 heteroatoms. The molecule has 0 bridgehead atoms. The Hall–Kier alpha value is -4.27. The average Bonchev–Trinajstić information content (AvgIpc) is 3.07. The second-order valence-corrected chi connectivity index (χ2v) is 14.1. The van der Waals surface area contributed by atoms with Gasteiger partial charge in [0.15, 0.2) is 0 Å². The van der Waals surface area contributed by atoms with Gasteiger partial charge in [-0.3, -0.25) is 9.52 Å². The summed E-state index contributed by atoms with van der Waals surface area (Å²) in [6, 6.07) is 13.1. The van der Waals surface area contributed by atoms with Gasteiger partial charge in [0.2, 0.25) is 0 Å². The predicted octanol–water partition coefficient (Wildman–Crippen LogP) is 5.73. The molecule has 0 spiro atoms. The zero-order valence-corrected chi connectivity index (χ0v) is 28.9. The number of amides is 3. The fraction of sp³-hybridized carbons (Fsp3) is 0.429. The molecule has 1 aliphatic heterocycles. The number of hydrogen-bond acceptors (Lipinski definition) is 7. The Bertz CT molecular complexity index is 1680. The van der Waals surface area contributed by atoms with Gasteiger partial charge in [0.25, 0.3) is 15.9 Å². The number of nitrogens with zero attached hydrogens (tertiary/aromatic N) is 2. The number of carbonyl (C=O) groups excluding carboxylic acids is 2. The number of fused-ring (bicyclic) bond motifs is 1. The third-order valence-corrected chi connectivity index (χ3v) is 9.72. The first kappa shape index (κ1) is 37.5. The first-order valence-electron chi connectivity index (χ1n) is 16.2. The average molecular weight is 703 g/mol. The zero-order chi connectivity index (χ0) is 35.7. The Morgan fingerprint density at radius 1 is 1.02 bits per heavy atom. The molecule has 0 fully saturated rings. The van der Waals surface area contributed by atoms with Crippen LogP contribution in [-0.2, 0) is 14.8 Å². The van der Waals surface area contributed by atoms with Crippen molar-refractivity contribution >= 4 is 33.3 Å². The molecule has 3 amide bonds. The van der Waals surface area contributed by atoms with Crippen LogP contribution in [0.4, 0.5) is 25.0 Å². The summed E-state index contributed by atoms with van der Waals surface area (Å²) in [5, 5.41) is 12.9. The lowest BCUT2D eigenvalue weighted by Crippen LogP contribution is -2.48. The van der Waals surface area contributed by atoms with Gasteiger partial charge in [-0.05, 0) is 99.8 Å². The number of aliphatic hydroxyl groups excluding tert-OH is 1. The Morgan fingerprint density at radius 3 is 2.31 bits per heavy atom. The Labute approximate surface area is 286 Å². The maximum atomic E-state index is 14.3. The second-order valence-electron chi connectivity index (χ2n) is 12.4. The van der Waals surface area contributed by atoms with Crippen molar-refractivity contribution in [1.82, 2.24) is 9.80 Å². The molecule has 0 aromatic heterocycles. The number of likely N-dealkylation sites (N-methyl/N-ethyl adjacent to an activating group) is 1. The molecule has 0 unspecified atom stereocenters. The van der Waals surface area contributed by atoms with Gasteiger partial charge in [0.1, 0.15) is 17.4 Å². The normalized spacial score (nSPS) is 19.9. The van der Waals surface area contributed by atoms with E-state index >= 15 is 0 Å². The third kappa shape index (κ3) is 10.4. The molecular weight excluding hydrogens is 658 g/mol. The molecular formula is C35H44F2N4O7S. The van der Waals surface area contributed by atoms with Crippen molar-refractivity contribution in [3.05, 3.63) is 83.9 Å². The Balaban J connectivity index is 1.62. The standard InChI is InChI=1S/C35H44F2N4O7S/c1-23-20-41(24(2)22-42)34(43)31-19-29(39-49(45,46)30-15-10-27(37)11-16-30)14-17-32(31)48-25(3)7-5-6-18-47-33(23)21-40(4)35(44)38-28-12-8-26(36)9-13-28/h8-17,19,23-25,33,39,42H,5-7,18,20-22H2,1-4H3,(H,38,44)/t23-,24-,25-,33-/m1/s1. The molecule has 3 N–H and O–H groups in total. The van der Waals surface area contributed by atoms with E-state index in [0.29, 0.717) is 18.7 Å². The van der Waals surface area contributed by atoms with Crippen LogP contribution in [0, 0.1) is 17.6 Å². The molecule has 4 rings (SSSR count). The lowest BCUT2D eigenvalue weighted by molar-refractivity contribution is -0.0115. The summed E-state index contributed by atoms with van der Waals surface area (Å²) in [6.07, 6.45) is 1.32. The highest BCUT2D eigenvalue weighted by molar-refractivity contribution is 7.92. The van der Waals surface area contributed by atoms with Gasteiger partial charge in [-0.1, -0.05) is 6.92 Å². The van der Waals surface area contributed by atoms with Gasteiger partial charge < -0.3 is 29.7 Å². The van der Waals surface area contributed by atoms with E-state index in [9.17, 15) is 31.9 Å². The molecule has 1 aliphatic rings. The van der Waals surface area contributed by atoms with Crippen molar-refractivity contribution in [3.63, 3.8) is 0 Å². The molecule has 49 heavy (non-hydrogen) atoms. The van der Waals surface area contributed by atoms with Gasteiger partial charge in [0, 0.05) is 44.0 Å². The molecule has 4 atom stereocenters. The van der Waals surface area contributed by atoms with E-state index in [4.69, 9.17) is 9.47 Å². The van der Waals surface area contributed by atoms with Crippen molar-refractivity contribution in [2.75, 3.05) is 43.4 Å². The minimum atomic E-state index is -4.12. The Kier molecular flexibility index (Phi) is 13.0. The molecule has 266 valence electrons.